The average molecular weight is 239 g/mol. The molecule has 0 saturated heterocycles. The van der Waals surface area contributed by atoms with Gasteiger partial charge in [-0.25, -0.2) is 0 Å². The number of anilines is 1. The lowest BCUT2D eigenvalue weighted by atomic mass is 10.3. The highest BCUT2D eigenvalue weighted by Gasteiger charge is 2.03. The SMILES string of the molecule is Nc1ccc(Br)c(-n2nccn2)c1. The minimum Gasteiger partial charge on any atom is -0.399 e. The molecule has 2 rings (SSSR count). The number of rotatable bonds is 1. The summed E-state index contributed by atoms with van der Waals surface area (Å²) in [5, 5.41) is 8.02. The van der Waals surface area contributed by atoms with Crippen LogP contribution in [0.25, 0.3) is 5.69 Å². The molecule has 0 unspecified atom stereocenters. The van der Waals surface area contributed by atoms with Gasteiger partial charge in [-0.3, -0.25) is 0 Å². The predicted molar refractivity (Wildman–Crippen MR) is 53.5 cm³/mol. The van der Waals surface area contributed by atoms with Crippen molar-refractivity contribution in [1.29, 1.82) is 0 Å². The van der Waals surface area contributed by atoms with Crippen LogP contribution in [0.2, 0.25) is 0 Å². The molecule has 0 aliphatic rings. The Hall–Kier alpha value is -1.36. The summed E-state index contributed by atoms with van der Waals surface area (Å²) in [5.41, 5.74) is 7.17. The second-order valence-corrected chi connectivity index (χ2v) is 3.38. The average Bonchev–Trinajstić information content (AvgIpc) is 2.61. The van der Waals surface area contributed by atoms with Crippen LogP contribution in [-0.4, -0.2) is 15.0 Å². The molecule has 0 saturated carbocycles. The Morgan fingerprint density at radius 3 is 2.62 bits per heavy atom. The van der Waals surface area contributed by atoms with Crippen molar-refractivity contribution in [1.82, 2.24) is 15.0 Å². The largest absolute Gasteiger partial charge is 0.399 e. The smallest absolute Gasteiger partial charge is 0.102 e. The van der Waals surface area contributed by atoms with E-state index < -0.39 is 0 Å². The molecule has 0 radical (unpaired) electrons. The molecular weight excluding hydrogens is 232 g/mol. The van der Waals surface area contributed by atoms with Crippen molar-refractivity contribution >= 4 is 21.6 Å². The molecule has 0 aliphatic heterocycles. The fraction of sp³-hybridized carbons (Fsp3) is 0. The van der Waals surface area contributed by atoms with E-state index in [1.54, 1.807) is 12.4 Å². The van der Waals surface area contributed by atoms with E-state index in [1.165, 1.54) is 4.80 Å². The van der Waals surface area contributed by atoms with E-state index in [1.807, 2.05) is 18.2 Å². The summed E-state index contributed by atoms with van der Waals surface area (Å²) in [6, 6.07) is 5.50. The quantitative estimate of drug-likeness (QED) is 0.769. The standard InChI is InChI=1S/C8H7BrN4/c9-7-2-1-6(10)5-8(7)13-11-3-4-12-13/h1-5H,10H2. The lowest BCUT2D eigenvalue weighted by Crippen LogP contribution is -2.00. The maximum atomic E-state index is 5.64. The summed E-state index contributed by atoms with van der Waals surface area (Å²) in [4.78, 5) is 1.51. The van der Waals surface area contributed by atoms with E-state index >= 15 is 0 Å². The first-order valence-electron chi connectivity index (χ1n) is 3.69. The van der Waals surface area contributed by atoms with Crippen molar-refractivity contribution in [2.45, 2.75) is 0 Å². The molecule has 0 amide bonds. The summed E-state index contributed by atoms with van der Waals surface area (Å²) in [6.45, 7) is 0. The van der Waals surface area contributed by atoms with Crippen molar-refractivity contribution < 1.29 is 0 Å². The number of nitrogens with zero attached hydrogens (tertiary/aromatic N) is 3. The first-order chi connectivity index (χ1) is 6.27. The number of halogens is 1. The molecule has 5 heteroatoms. The number of benzene rings is 1. The van der Waals surface area contributed by atoms with Crippen LogP contribution >= 0.6 is 15.9 Å². The van der Waals surface area contributed by atoms with E-state index in [-0.39, 0.29) is 0 Å². The van der Waals surface area contributed by atoms with Gasteiger partial charge >= 0.3 is 0 Å². The number of nitrogens with two attached hydrogens (primary N) is 1. The zero-order valence-electron chi connectivity index (χ0n) is 6.68. The molecule has 0 atom stereocenters. The third kappa shape index (κ3) is 1.55. The molecule has 13 heavy (non-hydrogen) atoms. The van der Waals surface area contributed by atoms with Crippen LogP contribution in [0.4, 0.5) is 5.69 Å². The highest BCUT2D eigenvalue weighted by molar-refractivity contribution is 9.10. The minimum absolute atomic E-state index is 0.690. The molecule has 0 aliphatic carbocycles. The van der Waals surface area contributed by atoms with E-state index in [9.17, 15) is 0 Å². The van der Waals surface area contributed by atoms with Gasteiger partial charge in [0.05, 0.1) is 12.4 Å². The van der Waals surface area contributed by atoms with Crippen LogP contribution < -0.4 is 5.73 Å². The Morgan fingerprint density at radius 1 is 1.23 bits per heavy atom. The van der Waals surface area contributed by atoms with Crippen LogP contribution in [-0.2, 0) is 0 Å². The second-order valence-electron chi connectivity index (χ2n) is 2.53. The van der Waals surface area contributed by atoms with Gasteiger partial charge in [-0.15, -0.1) is 0 Å². The minimum atomic E-state index is 0.690. The molecule has 1 heterocycles. The van der Waals surface area contributed by atoms with Crippen LogP contribution in [0.1, 0.15) is 0 Å². The van der Waals surface area contributed by atoms with Gasteiger partial charge in [0, 0.05) is 10.2 Å². The third-order valence-corrected chi connectivity index (χ3v) is 2.27. The summed E-state index contributed by atoms with van der Waals surface area (Å²) in [5.74, 6) is 0. The monoisotopic (exact) mass is 238 g/mol. The molecule has 0 fully saturated rings. The Labute approximate surface area is 83.5 Å². The number of nitrogen functional groups attached to an aromatic ring is 1. The Morgan fingerprint density at radius 2 is 1.92 bits per heavy atom. The van der Waals surface area contributed by atoms with Gasteiger partial charge in [0.15, 0.2) is 0 Å². The van der Waals surface area contributed by atoms with E-state index in [4.69, 9.17) is 5.73 Å². The normalized spacial score (nSPS) is 10.2. The van der Waals surface area contributed by atoms with Gasteiger partial charge < -0.3 is 5.73 Å². The Kier molecular flexibility index (Phi) is 2.02. The Bertz CT molecular complexity index is 410. The van der Waals surface area contributed by atoms with Gasteiger partial charge in [0.25, 0.3) is 0 Å². The molecule has 0 bridgehead atoms. The fourth-order valence-corrected chi connectivity index (χ4v) is 1.43. The molecule has 0 spiro atoms. The molecule has 2 aromatic rings. The summed E-state index contributed by atoms with van der Waals surface area (Å²) < 4.78 is 0.915. The number of aromatic nitrogens is 3. The Balaban J connectivity index is 2.57. The van der Waals surface area contributed by atoms with Gasteiger partial charge in [-0.1, -0.05) is 0 Å². The van der Waals surface area contributed by atoms with Crippen LogP contribution in [0.15, 0.2) is 35.1 Å². The molecule has 1 aromatic heterocycles. The zero-order valence-corrected chi connectivity index (χ0v) is 8.27. The molecule has 66 valence electrons. The summed E-state index contributed by atoms with van der Waals surface area (Å²) in [6.07, 6.45) is 3.24. The molecular formula is C8H7BrN4. The van der Waals surface area contributed by atoms with Crippen molar-refractivity contribution in [3.8, 4) is 5.69 Å². The van der Waals surface area contributed by atoms with E-state index in [2.05, 4.69) is 26.1 Å². The maximum absolute atomic E-state index is 5.64. The summed E-state index contributed by atoms with van der Waals surface area (Å²) >= 11 is 3.40. The fourth-order valence-electron chi connectivity index (χ4n) is 1.02. The highest BCUT2D eigenvalue weighted by Crippen LogP contribution is 2.21. The highest BCUT2D eigenvalue weighted by atomic mass is 79.9. The third-order valence-electron chi connectivity index (χ3n) is 1.60. The zero-order chi connectivity index (χ0) is 9.26. The van der Waals surface area contributed by atoms with E-state index in [0.717, 1.165) is 10.2 Å². The maximum Gasteiger partial charge on any atom is 0.102 e. The van der Waals surface area contributed by atoms with Crippen LogP contribution in [0, 0.1) is 0 Å². The first kappa shape index (κ1) is 8.25. The van der Waals surface area contributed by atoms with Gasteiger partial charge in [-0.05, 0) is 34.1 Å². The van der Waals surface area contributed by atoms with Gasteiger partial charge in [0.1, 0.15) is 5.69 Å². The predicted octanol–water partition coefficient (Wildman–Crippen LogP) is 1.61. The van der Waals surface area contributed by atoms with Crippen LogP contribution in [0.3, 0.4) is 0 Å². The topological polar surface area (TPSA) is 56.7 Å². The summed E-state index contributed by atoms with van der Waals surface area (Å²) in [7, 11) is 0. The lowest BCUT2D eigenvalue weighted by molar-refractivity contribution is 0.749. The first-order valence-corrected chi connectivity index (χ1v) is 4.48. The van der Waals surface area contributed by atoms with E-state index in [0.29, 0.717) is 5.69 Å². The van der Waals surface area contributed by atoms with Gasteiger partial charge in [-0.2, -0.15) is 15.0 Å². The lowest BCUT2D eigenvalue weighted by Gasteiger charge is -2.03. The molecule has 1 aromatic carbocycles. The van der Waals surface area contributed by atoms with Crippen molar-refractivity contribution in [2.75, 3.05) is 5.73 Å². The molecule has 2 N–H and O–H groups in total. The molecule has 4 nitrogen and oxygen atoms in total. The van der Waals surface area contributed by atoms with Crippen molar-refractivity contribution in [3.05, 3.63) is 35.1 Å². The number of hydrogen-bond donors (Lipinski definition) is 1. The van der Waals surface area contributed by atoms with Crippen molar-refractivity contribution in [2.24, 2.45) is 0 Å². The van der Waals surface area contributed by atoms with Crippen LogP contribution in [0.5, 0.6) is 0 Å². The number of hydrogen-bond acceptors (Lipinski definition) is 3. The van der Waals surface area contributed by atoms with Crippen molar-refractivity contribution in [3.63, 3.8) is 0 Å². The van der Waals surface area contributed by atoms with Gasteiger partial charge in [0.2, 0.25) is 0 Å². The second kappa shape index (κ2) is 3.18.